The van der Waals surface area contributed by atoms with Crippen molar-refractivity contribution in [3.63, 3.8) is 0 Å². The largest absolute Gasteiger partial charge is 0.495 e. The van der Waals surface area contributed by atoms with E-state index in [1.54, 1.807) is 22.8 Å². The van der Waals surface area contributed by atoms with Crippen LogP contribution in [0.1, 0.15) is 32.0 Å². The van der Waals surface area contributed by atoms with Gasteiger partial charge in [-0.15, -0.1) is 0 Å². The van der Waals surface area contributed by atoms with Crippen LogP contribution >= 0.6 is 11.8 Å². The number of hydrogen-bond acceptors (Lipinski definition) is 6. The van der Waals surface area contributed by atoms with Crippen LogP contribution < -0.4 is 20.9 Å². The highest BCUT2D eigenvalue weighted by atomic mass is 32.2. The molecule has 2 aromatic rings. The Bertz CT molecular complexity index is 973. The summed E-state index contributed by atoms with van der Waals surface area (Å²) in [5.41, 5.74) is 1.64. The first-order valence-electron chi connectivity index (χ1n) is 8.92. The first kappa shape index (κ1) is 19.9. The van der Waals surface area contributed by atoms with Gasteiger partial charge in [-0.25, -0.2) is 4.98 Å². The molecule has 1 aromatic carbocycles. The van der Waals surface area contributed by atoms with Crippen molar-refractivity contribution in [1.82, 2.24) is 9.55 Å². The molecule has 1 aliphatic rings. The van der Waals surface area contributed by atoms with E-state index >= 15 is 0 Å². The zero-order valence-electron chi connectivity index (χ0n) is 15.9. The van der Waals surface area contributed by atoms with Crippen molar-refractivity contribution < 1.29 is 14.3 Å². The summed E-state index contributed by atoms with van der Waals surface area (Å²) in [6, 6.07) is 6.27. The average Bonchev–Trinajstić information content (AvgIpc) is 3.04. The minimum atomic E-state index is -0.254. The fourth-order valence-electron chi connectivity index (χ4n) is 3.03. The fourth-order valence-corrected chi connectivity index (χ4v) is 4.20. The van der Waals surface area contributed by atoms with Crippen LogP contribution in [0.5, 0.6) is 5.75 Å². The standard InChI is InChI=1S/C19H22N4O4S/c1-4-12-8-18(26)23-14(10-28-19(23)21-12)9-17(25)22-15-7-13(20-11(2)24)5-6-16(15)27-3/h5-8,14H,4,9-10H2,1-3H3,(H,20,24)(H,22,25). The van der Waals surface area contributed by atoms with Gasteiger partial charge in [0.1, 0.15) is 5.75 Å². The molecule has 0 aliphatic carbocycles. The third-order valence-electron chi connectivity index (χ3n) is 4.32. The van der Waals surface area contributed by atoms with Crippen LogP contribution in [0.3, 0.4) is 0 Å². The number of anilines is 2. The van der Waals surface area contributed by atoms with Crippen LogP contribution in [-0.2, 0) is 16.0 Å². The number of fused-ring (bicyclic) bond motifs is 1. The molecule has 2 N–H and O–H groups in total. The summed E-state index contributed by atoms with van der Waals surface area (Å²) in [6.45, 7) is 3.36. The van der Waals surface area contributed by atoms with Gasteiger partial charge in [0.05, 0.1) is 18.8 Å². The highest BCUT2D eigenvalue weighted by Crippen LogP contribution is 2.33. The third-order valence-corrected chi connectivity index (χ3v) is 5.42. The van der Waals surface area contributed by atoms with E-state index in [1.807, 2.05) is 6.92 Å². The predicted octanol–water partition coefficient (Wildman–Crippen LogP) is 2.45. The lowest BCUT2D eigenvalue weighted by Crippen LogP contribution is -2.27. The summed E-state index contributed by atoms with van der Waals surface area (Å²) < 4.78 is 6.87. The van der Waals surface area contributed by atoms with Crippen LogP contribution in [0.2, 0.25) is 0 Å². The number of benzene rings is 1. The molecule has 0 radical (unpaired) electrons. The Hall–Kier alpha value is -2.81. The average molecular weight is 402 g/mol. The first-order chi connectivity index (χ1) is 13.4. The lowest BCUT2D eigenvalue weighted by atomic mass is 10.2. The maximum Gasteiger partial charge on any atom is 0.254 e. The number of aryl methyl sites for hydroxylation is 1. The number of thioether (sulfide) groups is 1. The highest BCUT2D eigenvalue weighted by molar-refractivity contribution is 7.99. The van der Waals surface area contributed by atoms with Gasteiger partial charge < -0.3 is 15.4 Å². The highest BCUT2D eigenvalue weighted by Gasteiger charge is 2.27. The Morgan fingerprint density at radius 2 is 2.11 bits per heavy atom. The third kappa shape index (κ3) is 4.36. The van der Waals surface area contributed by atoms with Gasteiger partial charge in [-0.2, -0.15) is 0 Å². The van der Waals surface area contributed by atoms with Gasteiger partial charge in [0.15, 0.2) is 5.16 Å². The van der Waals surface area contributed by atoms with Crippen LogP contribution in [0.4, 0.5) is 11.4 Å². The molecular weight excluding hydrogens is 380 g/mol. The first-order valence-corrected chi connectivity index (χ1v) is 9.90. The van der Waals surface area contributed by atoms with Crippen molar-refractivity contribution in [3.8, 4) is 5.75 Å². The van der Waals surface area contributed by atoms with Gasteiger partial charge in [0.25, 0.3) is 5.56 Å². The van der Waals surface area contributed by atoms with E-state index in [0.717, 1.165) is 5.69 Å². The van der Waals surface area contributed by atoms with Gasteiger partial charge in [-0.05, 0) is 24.6 Å². The van der Waals surface area contributed by atoms with E-state index in [2.05, 4.69) is 15.6 Å². The summed E-state index contributed by atoms with van der Waals surface area (Å²) in [6.07, 6.45) is 0.833. The topological polar surface area (TPSA) is 102 Å². The van der Waals surface area contributed by atoms with Crippen LogP contribution in [-0.4, -0.2) is 34.2 Å². The smallest absolute Gasteiger partial charge is 0.254 e. The maximum absolute atomic E-state index is 12.6. The lowest BCUT2D eigenvalue weighted by molar-refractivity contribution is -0.117. The van der Waals surface area contributed by atoms with E-state index in [0.29, 0.717) is 34.5 Å². The lowest BCUT2D eigenvalue weighted by Gasteiger charge is -2.15. The second-order valence-corrected chi connectivity index (χ2v) is 7.39. The molecular formula is C19H22N4O4S. The Kier molecular flexibility index (Phi) is 6.03. The number of nitrogens with zero attached hydrogens (tertiary/aromatic N) is 2. The molecule has 3 rings (SSSR count). The van der Waals surface area contributed by atoms with Crippen molar-refractivity contribution in [3.05, 3.63) is 40.3 Å². The van der Waals surface area contributed by atoms with Crippen LogP contribution in [0.15, 0.2) is 34.2 Å². The number of rotatable bonds is 6. The summed E-state index contributed by atoms with van der Waals surface area (Å²) in [5.74, 6) is 0.643. The minimum absolute atomic E-state index is 0.130. The predicted molar refractivity (Wildman–Crippen MR) is 108 cm³/mol. The number of carbonyl (C=O) groups is 2. The van der Waals surface area contributed by atoms with E-state index in [9.17, 15) is 14.4 Å². The number of ether oxygens (including phenoxy) is 1. The summed E-state index contributed by atoms with van der Waals surface area (Å²) >= 11 is 1.48. The molecule has 0 spiro atoms. The number of amides is 2. The summed E-state index contributed by atoms with van der Waals surface area (Å²) in [7, 11) is 1.50. The summed E-state index contributed by atoms with van der Waals surface area (Å²) in [5, 5.41) is 6.15. The molecule has 0 saturated carbocycles. The molecule has 148 valence electrons. The second-order valence-electron chi connectivity index (χ2n) is 6.41. The Labute approximate surface area is 166 Å². The molecule has 0 bridgehead atoms. The monoisotopic (exact) mass is 402 g/mol. The van der Waals surface area contributed by atoms with Gasteiger partial charge in [-0.1, -0.05) is 18.7 Å². The Balaban J connectivity index is 1.76. The second kappa shape index (κ2) is 8.47. The molecule has 8 nitrogen and oxygen atoms in total. The van der Waals surface area contributed by atoms with E-state index in [1.165, 1.54) is 31.9 Å². The zero-order valence-corrected chi connectivity index (χ0v) is 16.8. The number of hydrogen-bond donors (Lipinski definition) is 2. The van der Waals surface area contributed by atoms with Gasteiger partial charge in [-0.3, -0.25) is 19.0 Å². The van der Waals surface area contributed by atoms with Gasteiger partial charge in [0, 0.05) is 36.5 Å². The van der Waals surface area contributed by atoms with Crippen molar-refractivity contribution in [2.45, 2.75) is 37.9 Å². The van der Waals surface area contributed by atoms with Crippen molar-refractivity contribution in [2.24, 2.45) is 0 Å². The normalized spacial score (nSPS) is 15.0. The van der Waals surface area contributed by atoms with Crippen LogP contribution in [0.25, 0.3) is 0 Å². The SMILES string of the molecule is CCc1cc(=O)n2c(n1)SCC2CC(=O)Nc1cc(NC(C)=O)ccc1OC. The quantitative estimate of drug-likeness (QED) is 0.720. The van der Waals surface area contributed by atoms with E-state index in [4.69, 9.17) is 4.74 Å². The number of aromatic nitrogens is 2. The molecule has 9 heteroatoms. The van der Waals surface area contributed by atoms with Crippen molar-refractivity contribution in [1.29, 1.82) is 0 Å². The van der Waals surface area contributed by atoms with Crippen molar-refractivity contribution >= 4 is 35.0 Å². The van der Waals surface area contributed by atoms with E-state index < -0.39 is 0 Å². The number of methoxy groups -OCH3 is 1. The molecule has 2 amide bonds. The van der Waals surface area contributed by atoms with Gasteiger partial charge in [0.2, 0.25) is 11.8 Å². The Morgan fingerprint density at radius 1 is 1.32 bits per heavy atom. The van der Waals surface area contributed by atoms with Crippen LogP contribution in [0, 0.1) is 0 Å². The molecule has 1 unspecified atom stereocenters. The number of carbonyl (C=O) groups excluding carboxylic acids is 2. The number of nitrogens with one attached hydrogen (secondary N) is 2. The molecule has 1 aromatic heterocycles. The van der Waals surface area contributed by atoms with E-state index in [-0.39, 0.29) is 29.8 Å². The molecule has 1 atom stereocenters. The van der Waals surface area contributed by atoms with Crippen molar-refractivity contribution in [2.75, 3.05) is 23.5 Å². The maximum atomic E-state index is 12.6. The molecule has 0 fully saturated rings. The molecule has 0 saturated heterocycles. The summed E-state index contributed by atoms with van der Waals surface area (Å²) in [4.78, 5) is 40.8. The van der Waals surface area contributed by atoms with Gasteiger partial charge >= 0.3 is 0 Å². The fraction of sp³-hybridized carbons (Fsp3) is 0.368. The molecule has 2 heterocycles. The molecule has 28 heavy (non-hydrogen) atoms. The Morgan fingerprint density at radius 3 is 2.79 bits per heavy atom. The molecule has 1 aliphatic heterocycles. The zero-order chi connectivity index (χ0) is 20.3. The minimum Gasteiger partial charge on any atom is -0.495 e.